The molecule has 0 aromatic carbocycles. The summed E-state index contributed by atoms with van der Waals surface area (Å²) in [6, 6.07) is 0.313. The van der Waals surface area contributed by atoms with Crippen molar-refractivity contribution in [3.05, 3.63) is 12.7 Å². The van der Waals surface area contributed by atoms with E-state index in [4.69, 9.17) is 22.3 Å². The number of fused-ring (bicyclic) bond motifs is 2. The molecule has 2 bridgehead atoms. The molecule has 6 nitrogen and oxygen atoms in total. The Bertz CT molecular complexity index is 434. The second kappa shape index (κ2) is 7.29. The van der Waals surface area contributed by atoms with Crippen LogP contribution in [-0.2, 0) is 21.3 Å². The Morgan fingerprint density at radius 2 is 2.05 bits per heavy atom. The standard InChI is InChI=1S/C13H20N3O3PS/c1-2-5-19-13(18)15-9-3-4-10(15)7-11(6-9)16(20-21)12(17)8-14/h2,9-11H,1,3-8,14H2/t9-,10+,11+. The molecule has 2 N–H and O–H groups in total. The van der Waals surface area contributed by atoms with Crippen LogP contribution >= 0.6 is 7.51 Å². The minimum Gasteiger partial charge on any atom is -0.445 e. The maximum absolute atomic E-state index is 12.1. The van der Waals surface area contributed by atoms with Gasteiger partial charge in [-0.2, -0.15) is 0 Å². The average molecular weight is 329 g/mol. The molecule has 3 atom stereocenters. The summed E-state index contributed by atoms with van der Waals surface area (Å²) < 4.78 is 6.79. The molecule has 2 aliphatic rings. The monoisotopic (exact) mass is 329 g/mol. The fourth-order valence-corrected chi connectivity index (χ4v) is 4.43. The molecular formula is C13H20N3O3PS. The largest absolute Gasteiger partial charge is 0.445 e. The van der Waals surface area contributed by atoms with Gasteiger partial charge in [-0.3, -0.25) is 9.46 Å². The molecule has 0 unspecified atom stereocenters. The topological polar surface area (TPSA) is 75.9 Å². The van der Waals surface area contributed by atoms with E-state index in [1.165, 1.54) is 0 Å². The summed E-state index contributed by atoms with van der Waals surface area (Å²) in [6.07, 6.45) is 4.66. The highest BCUT2D eigenvalue weighted by atomic mass is 32.4. The summed E-state index contributed by atoms with van der Waals surface area (Å²) in [5.41, 5.74) is 5.43. The predicted octanol–water partition coefficient (Wildman–Crippen LogP) is 1.41. The molecule has 2 saturated heterocycles. The van der Waals surface area contributed by atoms with E-state index in [2.05, 4.69) is 6.58 Å². The third kappa shape index (κ3) is 3.42. The Kier molecular flexibility index (Phi) is 5.67. The van der Waals surface area contributed by atoms with Gasteiger partial charge < -0.3 is 15.4 Å². The molecule has 0 spiro atoms. The van der Waals surface area contributed by atoms with Gasteiger partial charge in [-0.05, 0) is 37.5 Å². The molecule has 21 heavy (non-hydrogen) atoms. The lowest BCUT2D eigenvalue weighted by Gasteiger charge is -2.40. The highest BCUT2D eigenvalue weighted by Gasteiger charge is 2.46. The maximum atomic E-state index is 12.1. The number of hydrogen-bond acceptors (Lipinski definition) is 5. The zero-order chi connectivity index (χ0) is 15.4. The summed E-state index contributed by atoms with van der Waals surface area (Å²) >= 11 is 5.04. The third-order valence-corrected chi connectivity index (χ3v) is 5.36. The molecule has 0 aromatic rings. The number of carbonyl (C=O) groups is 2. The van der Waals surface area contributed by atoms with E-state index < -0.39 is 0 Å². The zero-order valence-corrected chi connectivity index (χ0v) is 13.5. The first-order chi connectivity index (χ1) is 10.1. The molecule has 0 radical (unpaired) electrons. The van der Waals surface area contributed by atoms with E-state index in [0.29, 0.717) is 7.51 Å². The number of amides is 2. The van der Waals surface area contributed by atoms with Gasteiger partial charge in [0.2, 0.25) is 5.91 Å². The number of carbonyl (C=O) groups excluding carboxylic acids is 2. The highest BCUT2D eigenvalue weighted by molar-refractivity contribution is 7.95. The molecule has 116 valence electrons. The van der Waals surface area contributed by atoms with Gasteiger partial charge in [0.1, 0.15) is 6.61 Å². The number of rotatable bonds is 5. The van der Waals surface area contributed by atoms with Crippen molar-refractivity contribution in [3.63, 3.8) is 0 Å². The van der Waals surface area contributed by atoms with Crippen LogP contribution in [0.15, 0.2) is 12.7 Å². The van der Waals surface area contributed by atoms with E-state index >= 15 is 0 Å². The van der Waals surface area contributed by atoms with Crippen molar-refractivity contribution in [1.29, 1.82) is 0 Å². The Morgan fingerprint density at radius 1 is 1.43 bits per heavy atom. The smallest absolute Gasteiger partial charge is 0.410 e. The third-order valence-electron chi connectivity index (χ3n) is 4.11. The van der Waals surface area contributed by atoms with Crippen molar-refractivity contribution in [2.45, 2.75) is 43.8 Å². The van der Waals surface area contributed by atoms with E-state index in [-0.39, 0.29) is 43.3 Å². The van der Waals surface area contributed by atoms with Crippen molar-refractivity contribution in [2.75, 3.05) is 13.2 Å². The van der Waals surface area contributed by atoms with Gasteiger partial charge >= 0.3 is 6.09 Å². The van der Waals surface area contributed by atoms with Gasteiger partial charge in [0.25, 0.3) is 0 Å². The molecule has 0 saturated carbocycles. The molecule has 2 fully saturated rings. The van der Waals surface area contributed by atoms with E-state index in [1.54, 1.807) is 10.7 Å². The number of nitrogens with zero attached hydrogens (tertiary/aromatic N) is 2. The SMILES string of the molecule is C=CCOC(=O)N1[C@@H]2CC[C@H]1C[C@@H](N(P=S)C(=O)CN)C2. The van der Waals surface area contributed by atoms with Crippen LogP contribution < -0.4 is 5.73 Å². The summed E-state index contributed by atoms with van der Waals surface area (Å²) in [5, 5.41) is 0. The number of ether oxygens (including phenoxy) is 1. The van der Waals surface area contributed by atoms with Crippen LogP contribution in [-0.4, -0.2) is 52.8 Å². The van der Waals surface area contributed by atoms with Gasteiger partial charge in [-0.25, -0.2) is 4.79 Å². The molecule has 2 amide bonds. The zero-order valence-electron chi connectivity index (χ0n) is 11.8. The molecule has 2 rings (SSSR count). The van der Waals surface area contributed by atoms with E-state index in [1.807, 2.05) is 4.90 Å². The second-order valence-electron chi connectivity index (χ2n) is 5.31. The number of hydrogen-bond donors (Lipinski definition) is 1. The van der Waals surface area contributed by atoms with Crippen LogP contribution in [0.3, 0.4) is 0 Å². The molecule has 8 heteroatoms. The van der Waals surface area contributed by atoms with Crippen LogP contribution in [0.4, 0.5) is 4.79 Å². The number of piperidine rings is 1. The lowest BCUT2D eigenvalue weighted by molar-refractivity contribution is -0.127. The molecule has 0 aromatic heterocycles. The van der Waals surface area contributed by atoms with Crippen molar-refractivity contribution in [1.82, 2.24) is 9.57 Å². The fraction of sp³-hybridized carbons (Fsp3) is 0.692. The summed E-state index contributed by atoms with van der Waals surface area (Å²) in [7, 11) is 0.502. The molecule has 0 aliphatic carbocycles. The minimum atomic E-state index is -0.284. The van der Waals surface area contributed by atoms with Gasteiger partial charge in [0.05, 0.1) is 14.1 Å². The summed E-state index contributed by atoms with van der Waals surface area (Å²) in [4.78, 5) is 25.8. The van der Waals surface area contributed by atoms with Crippen LogP contribution in [0.1, 0.15) is 25.7 Å². The summed E-state index contributed by atoms with van der Waals surface area (Å²) in [5.74, 6) is -0.126. The molecular weight excluding hydrogens is 309 g/mol. The van der Waals surface area contributed by atoms with E-state index in [9.17, 15) is 9.59 Å². The highest BCUT2D eigenvalue weighted by Crippen LogP contribution is 2.39. The van der Waals surface area contributed by atoms with Crippen molar-refractivity contribution < 1.29 is 14.3 Å². The van der Waals surface area contributed by atoms with Gasteiger partial charge in [-0.15, -0.1) is 0 Å². The Labute approximate surface area is 131 Å². The van der Waals surface area contributed by atoms with Gasteiger partial charge in [0, 0.05) is 18.1 Å². The van der Waals surface area contributed by atoms with Crippen LogP contribution in [0, 0.1) is 0 Å². The Hall–Kier alpha value is -1.04. The predicted molar refractivity (Wildman–Crippen MR) is 83.4 cm³/mol. The Morgan fingerprint density at radius 3 is 2.52 bits per heavy atom. The van der Waals surface area contributed by atoms with Crippen LogP contribution in [0.5, 0.6) is 0 Å². The second-order valence-corrected chi connectivity index (χ2v) is 6.39. The fourth-order valence-electron chi connectivity index (χ4n) is 3.26. The molecule has 2 aliphatic heterocycles. The first-order valence-corrected chi connectivity index (χ1v) is 8.89. The quantitative estimate of drug-likeness (QED) is 0.610. The average Bonchev–Trinajstić information content (AvgIpc) is 2.76. The first kappa shape index (κ1) is 16.3. The van der Waals surface area contributed by atoms with Crippen molar-refractivity contribution in [3.8, 4) is 0 Å². The maximum Gasteiger partial charge on any atom is 0.410 e. The number of nitrogens with two attached hydrogens (primary N) is 1. The van der Waals surface area contributed by atoms with Crippen LogP contribution in [0.25, 0.3) is 0 Å². The minimum absolute atomic E-state index is 0.0272. The lowest BCUT2D eigenvalue weighted by atomic mass is 9.97. The Balaban J connectivity index is 2.04. The first-order valence-electron chi connectivity index (χ1n) is 7.03. The van der Waals surface area contributed by atoms with Gasteiger partial charge in [0.15, 0.2) is 0 Å². The van der Waals surface area contributed by atoms with Crippen LogP contribution in [0.2, 0.25) is 0 Å². The van der Waals surface area contributed by atoms with E-state index in [0.717, 1.165) is 25.7 Å². The summed E-state index contributed by atoms with van der Waals surface area (Å²) in [6.45, 7) is 3.74. The van der Waals surface area contributed by atoms with Crippen molar-refractivity contribution in [2.24, 2.45) is 5.73 Å². The normalized spacial score (nSPS) is 27.5. The lowest BCUT2D eigenvalue weighted by Crippen LogP contribution is -2.52. The van der Waals surface area contributed by atoms with Crippen molar-refractivity contribution >= 4 is 31.3 Å². The van der Waals surface area contributed by atoms with Gasteiger partial charge in [-0.1, -0.05) is 12.7 Å². The molecule has 2 heterocycles.